The number of amides is 1. The highest BCUT2D eigenvalue weighted by Gasteiger charge is 2.23. The maximum absolute atomic E-state index is 11.4. The Morgan fingerprint density at radius 3 is 2.65 bits per heavy atom. The van der Waals surface area contributed by atoms with Crippen LogP contribution in [0.15, 0.2) is 24.3 Å². The Bertz CT molecular complexity index is 387. The van der Waals surface area contributed by atoms with Crippen LogP contribution in [-0.2, 0) is 4.79 Å². The maximum atomic E-state index is 11.4. The lowest BCUT2D eigenvalue weighted by Gasteiger charge is -2.10. The molecule has 0 spiro atoms. The topological polar surface area (TPSA) is 49.3 Å². The Morgan fingerprint density at radius 1 is 1.41 bits per heavy atom. The Hall–Kier alpha value is -1.06. The molecule has 2 rings (SSSR count). The molecule has 92 valence electrons. The molecule has 0 aliphatic heterocycles. The number of carbonyl (C=O) groups is 1. The van der Waals surface area contributed by atoms with Gasteiger partial charge in [0.15, 0.2) is 0 Å². The van der Waals surface area contributed by atoms with Gasteiger partial charge < -0.3 is 10.4 Å². The lowest BCUT2D eigenvalue weighted by atomic mass is 10.0. The Morgan fingerprint density at radius 2 is 2.06 bits per heavy atom. The first-order chi connectivity index (χ1) is 8.15. The minimum atomic E-state index is -0.600. The molecule has 0 saturated heterocycles. The van der Waals surface area contributed by atoms with Crippen LogP contribution in [0.4, 0.5) is 0 Å². The summed E-state index contributed by atoms with van der Waals surface area (Å²) in [7, 11) is 0. The molecule has 0 bridgehead atoms. The van der Waals surface area contributed by atoms with Crippen molar-refractivity contribution in [1.29, 1.82) is 0 Å². The summed E-state index contributed by atoms with van der Waals surface area (Å²) >= 11 is 5.76. The molecule has 1 saturated carbocycles. The van der Waals surface area contributed by atoms with E-state index in [1.807, 2.05) is 0 Å². The Kier molecular flexibility index (Phi) is 4.02. The Balaban J connectivity index is 1.77. The first-order valence-corrected chi connectivity index (χ1v) is 6.26. The molecule has 0 aromatic heterocycles. The summed E-state index contributed by atoms with van der Waals surface area (Å²) in [5.41, 5.74) is 0.800. The van der Waals surface area contributed by atoms with E-state index in [0.717, 1.165) is 18.4 Å². The van der Waals surface area contributed by atoms with Crippen LogP contribution in [0.3, 0.4) is 0 Å². The van der Waals surface area contributed by atoms with Crippen LogP contribution in [0.5, 0.6) is 0 Å². The molecule has 0 heterocycles. The third kappa shape index (κ3) is 4.02. The molecule has 0 radical (unpaired) electrons. The van der Waals surface area contributed by atoms with Gasteiger partial charge in [-0.15, -0.1) is 0 Å². The molecule has 1 atom stereocenters. The fourth-order valence-electron chi connectivity index (χ4n) is 1.65. The van der Waals surface area contributed by atoms with Gasteiger partial charge in [0.25, 0.3) is 0 Å². The van der Waals surface area contributed by atoms with Crippen molar-refractivity contribution in [1.82, 2.24) is 5.32 Å². The lowest BCUT2D eigenvalue weighted by molar-refractivity contribution is -0.121. The van der Waals surface area contributed by atoms with Gasteiger partial charge in [0, 0.05) is 17.5 Å². The molecular weight excluding hydrogens is 238 g/mol. The van der Waals surface area contributed by atoms with E-state index in [2.05, 4.69) is 5.32 Å². The van der Waals surface area contributed by atoms with Crippen LogP contribution in [0, 0.1) is 0 Å². The molecule has 1 aliphatic carbocycles. The van der Waals surface area contributed by atoms with Gasteiger partial charge in [-0.05, 0) is 37.0 Å². The summed E-state index contributed by atoms with van der Waals surface area (Å²) in [5, 5.41) is 13.4. The summed E-state index contributed by atoms with van der Waals surface area (Å²) in [5.74, 6) is 0.0283. The highest BCUT2D eigenvalue weighted by atomic mass is 35.5. The Labute approximate surface area is 106 Å². The quantitative estimate of drug-likeness (QED) is 0.847. The van der Waals surface area contributed by atoms with E-state index in [9.17, 15) is 9.90 Å². The zero-order valence-electron chi connectivity index (χ0n) is 9.53. The zero-order chi connectivity index (χ0) is 12.3. The van der Waals surface area contributed by atoms with Gasteiger partial charge in [-0.25, -0.2) is 0 Å². The van der Waals surface area contributed by atoms with Crippen molar-refractivity contribution in [3.8, 4) is 0 Å². The maximum Gasteiger partial charge on any atom is 0.220 e. The molecule has 1 unspecified atom stereocenters. The number of halogens is 1. The molecule has 1 aromatic rings. The van der Waals surface area contributed by atoms with Gasteiger partial charge in [-0.2, -0.15) is 0 Å². The van der Waals surface area contributed by atoms with E-state index in [0.29, 0.717) is 23.9 Å². The summed E-state index contributed by atoms with van der Waals surface area (Å²) in [6.07, 6.45) is 2.38. The summed E-state index contributed by atoms with van der Waals surface area (Å²) in [6.45, 7) is 0. The molecule has 4 heteroatoms. The number of hydrogen-bond acceptors (Lipinski definition) is 2. The standard InChI is InChI=1S/C13H16ClNO2/c14-10-3-1-9(2-4-10)12(16)7-8-13(17)15-11-5-6-11/h1-4,11-12,16H,5-8H2,(H,15,17). The lowest BCUT2D eigenvalue weighted by Crippen LogP contribution is -2.25. The SMILES string of the molecule is O=C(CCC(O)c1ccc(Cl)cc1)NC1CC1. The fourth-order valence-corrected chi connectivity index (χ4v) is 1.77. The summed E-state index contributed by atoms with van der Waals surface area (Å²) in [4.78, 5) is 11.4. The monoisotopic (exact) mass is 253 g/mol. The third-order valence-electron chi connectivity index (χ3n) is 2.84. The van der Waals surface area contributed by atoms with Crippen molar-refractivity contribution in [3.05, 3.63) is 34.9 Å². The second kappa shape index (κ2) is 5.52. The number of rotatable bonds is 5. The molecular formula is C13H16ClNO2. The number of aliphatic hydroxyl groups is 1. The fraction of sp³-hybridized carbons (Fsp3) is 0.462. The van der Waals surface area contributed by atoms with E-state index in [1.165, 1.54) is 0 Å². The van der Waals surface area contributed by atoms with Crippen molar-refractivity contribution < 1.29 is 9.90 Å². The molecule has 1 amide bonds. The van der Waals surface area contributed by atoms with Crippen LogP contribution in [0.1, 0.15) is 37.4 Å². The van der Waals surface area contributed by atoms with E-state index in [1.54, 1.807) is 24.3 Å². The van der Waals surface area contributed by atoms with Crippen molar-refractivity contribution in [2.24, 2.45) is 0 Å². The van der Waals surface area contributed by atoms with Crippen molar-refractivity contribution in [3.63, 3.8) is 0 Å². The summed E-state index contributed by atoms with van der Waals surface area (Å²) in [6, 6.07) is 7.43. The molecule has 1 aromatic carbocycles. The van der Waals surface area contributed by atoms with Gasteiger partial charge in [0.2, 0.25) is 5.91 Å². The van der Waals surface area contributed by atoms with E-state index in [-0.39, 0.29) is 5.91 Å². The van der Waals surface area contributed by atoms with Crippen LogP contribution in [-0.4, -0.2) is 17.1 Å². The van der Waals surface area contributed by atoms with E-state index >= 15 is 0 Å². The van der Waals surface area contributed by atoms with Gasteiger partial charge in [0.05, 0.1) is 6.10 Å². The largest absolute Gasteiger partial charge is 0.388 e. The van der Waals surface area contributed by atoms with E-state index in [4.69, 9.17) is 11.6 Å². The van der Waals surface area contributed by atoms with Crippen LogP contribution < -0.4 is 5.32 Å². The minimum Gasteiger partial charge on any atom is -0.388 e. The second-order valence-electron chi connectivity index (χ2n) is 4.45. The first kappa shape index (κ1) is 12.4. The van der Waals surface area contributed by atoms with Gasteiger partial charge in [-0.3, -0.25) is 4.79 Å². The van der Waals surface area contributed by atoms with Crippen molar-refractivity contribution in [2.45, 2.75) is 37.8 Å². The average molecular weight is 254 g/mol. The van der Waals surface area contributed by atoms with Crippen molar-refractivity contribution in [2.75, 3.05) is 0 Å². The molecule has 1 aliphatic rings. The smallest absolute Gasteiger partial charge is 0.220 e. The van der Waals surface area contributed by atoms with Crippen LogP contribution in [0.2, 0.25) is 5.02 Å². The number of aliphatic hydroxyl groups excluding tert-OH is 1. The highest BCUT2D eigenvalue weighted by Crippen LogP contribution is 2.22. The summed E-state index contributed by atoms with van der Waals surface area (Å²) < 4.78 is 0. The second-order valence-corrected chi connectivity index (χ2v) is 4.88. The molecule has 17 heavy (non-hydrogen) atoms. The normalized spacial score (nSPS) is 16.6. The minimum absolute atomic E-state index is 0.0283. The van der Waals surface area contributed by atoms with Gasteiger partial charge in [0.1, 0.15) is 0 Å². The molecule has 1 fully saturated rings. The van der Waals surface area contributed by atoms with Gasteiger partial charge >= 0.3 is 0 Å². The predicted octanol–water partition coefficient (Wildman–Crippen LogP) is 2.43. The predicted molar refractivity (Wildman–Crippen MR) is 66.8 cm³/mol. The third-order valence-corrected chi connectivity index (χ3v) is 3.09. The first-order valence-electron chi connectivity index (χ1n) is 5.88. The van der Waals surface area contributed by atoms with Gasteiger partial charge in [-0.1, -0.05) is 23.7 Å². The van der Waals surface area contributed by atoms with Crippen LogP contribution >= 0.6 is 11.6 Å². The van der Waals surface area contributed by atoms with E-state index < -0.39 is 6.10 Å². The number of hydrogen-bond donors (Lipinski definition) is 2. The molecule has 3 nitrogen and oxygen atoms in total. The molecule has 2 N–H and O–H groups in total. The van der Waals surface area contributed by atoms with Crippen LogP contribution in [0.25, 0.3) is 0 Å². The number of carbonyl (C=O) groups excluding carboxylic acids is 1. The average Bonchev–Trinajstić information content (AvgIpc) is 3.11. The zero-order valence-corrected chi connectivity index (χ0v) is 10.3. The number of benzene rings is 1. The number of nitrogens with one attached hydrogen (secondary N) is 1. The van der Waals surface area contributed by atoms with Crippen molar-refractivity contribution >= 4 is 17.5 Å². The highest BCUT2D eigenvalue weighted by molar-refractivity contribution is 6.30.